The summed E-state index contributed by atoms with van der Waals surface area (Å²) in [5.74, 6) is -4.09. The number of likely N-dealkylation sites (tertiary alicyclic amines) is 1. The number of benzene rings is 2. The van der Waals surface area contributed by atoms with E-state index in [1.54, 1.807) is 49.4 Å². The van der Waals surface area contributed by atoms with Crippen LogP contribution in [0.3, 0.4) is 0 Å². The monoisotopic (exact) mass is 675 g/mol. The molecule has 10 nitrogen and oxygen atoms in total. The maximum atomic E-state index is 15.0. The third-order valence-corrected chi connectivity index (χ3v) is 10.6. The fourth-order valence-corrected chi connectivity index (χ4v) is 7.91. The zero-order chi connectivity index (χ0) is 34.2. The van der Waals surface area contributed by atoms with Gasteiger partial charge in [-0.15, -0.1) is 0 Å². The van der Waals surface area contributed by atoms with Gasteiger partial charge in [-0.3, -0.25) is 19.2 Å². The molecule has 2 fully saturated rings. The molecule has 9 atom stereocenters. The molecule has 0 saturated carbocycles. The number of nitrogens with zero attached hydrogens (tertiary/aromatic N) is 2. The number of nitrogens with one attached hydrogen (secondary N) is 1. The minimum absolute atomic E-state index is 0.0989. The molecule has 4 aliphatic rings. The van der Waals surface area contributed by atoms with Gasteiger partial charge in [-0.05, 0) is 37.0 Å². The smallest absolute Gasteiger partial charge is 0.313 e. The van der Waals surface area contributed by atoms with Gasteiger partial charge >= 0.3 is 5.97 Å². The Kier molecular flexibility index (Phi) is 9.79. The van der Waals surface area contributed by atoms with Gasteiger partial charge < -0.3 is 29.7 Å². The van der Waals surface area contributed by atoms with E-state index in [1.807, 2.05) is 50.3 Å². The zero-order valence-electron chi connectivity index (χ0n) is 27.3. The predicted octanol–water partition coefficient (Wildman–Crippen LogP) is 4.37. The standard InChI is InChI=1S/C37H42ClN3O7/c1-4-22(2)27(21-42)41-33-35(45)40(26-16-11-10-15-25(26)38)20-12-6-9-17-29(43)39-23(3)32(24-13-7-5-8-14-24)47-36(46)30-28-18-19-37(33,48-28)31(30)34(41)44/h5-8,10-16,18-19,22-23,27-28,30-33,42H,4,9,17,20-21H2,1-3H3,(H,39,43)/b12-6-/t22-,23-,27-,28+,30-,31-,32+,33+,37-/m0/s1. The number of hydrogen-bond acceptors (Lipinski definition) is 7. The number of carbonyl (C=O) groups is 4. The number of rotatable bonds is 6. The van der Waals surface area contributed by atoms with Crippen LogP contribution in [0.15, 0.2) is 78.9 Å². The second-order valence-electron chi connectivity index (χ2n) is 13.1. The summed E-state index contributed by atoms with van der Waals surface area (Å²) in [7, 11) is 0. The molecule has 48 heavy (non-hydrogen) atoms. The van der Waals surface area contributed by atoms with Crippen LogP contribution in [0.1, 0.15) is 51.7 Å². The molecule has 2 N–H and O–H groups in total. The largest absolute Gasteiger partial charge is 0.455 e. The summed E-state index contributed by atoms with van der Waals surface area (Å²) in [5, 5.41) is 14.0. The minimum Gasteiger partial charge on any atom is -0.455 e. The van der Waals surface area contributed by atoms with Crippen LogP contribution < -0.4 is 10.2 Å². The van der Waals surface area contributed by atoms with Gasteiger partial charge in [0.05, 0.1) is 41.4 Å². The zero-order valence-corrected chi connectivity index (χ0v) is 28.1. The molecule has 0 unspecified atom stereocenters. The van der Waals surface area contributed by atoms with Crippen molar-refractivity contribution in [3.63, 3.8) is 0 Å². The van der Waals surface area contributed by atoms with Crippen molar-refractivity contribution in [2.75, 3.05) is 18.1 Å². The molecule has 254 valence electrons. The van der Waals surface area contributed by atoms with Crippen molar-refractivity contribution in [1.82, 2.24) is 10.2 Å². The van der Waals surface area contributed by atoms with Crippen molar-refractivity contribution in [1.29, 1.82) is 0 Å². The summed E-state index contributed by atoms with van der Waals surface area (Å²) in [6.45, 7) is 5.38. The molecule has 0 aromatic heterocycles. The number of esters is 1. The number of halogens is 1. The normalized spacial score (nSPS) is 32.5. The molecule has 2 aromatic rings. The van der Waals surface area contributed by atoms with Gasteiger partial charge in [0.25, 0.3) is 5.91 Å². The first kappa shape index (κ1) is 33.9. The number of aliphatic hydroxyl groups excluding tert-OH is 1. The average Bonchev–Trinajstić information content (AvgIpc) is 3.73. The van der Waals surface area contributed by atoms with Crippen LogP contribution in [-0.4, -0.2) is 76.7 Å². The first-order valence-electron chi connectivity index (χ1n) is 16.7. The van der Waals surface area contributed by atoms with Crippen molar-refractivity contribution in [2.45, 2.75) is 76.0 Å². The number of hydrogen-bond donors (Lipinski definition) is 2. The molecule has 11 heteroatoms. The summed E-state index contributed by atoms with van der Waals surface area (Å²) >= 11 is 6.66. The summed E-state index contributed by atoms with van der Waals surface area (Å²) in [4.78, 5) is 60.0. The number of allylic oxidation sites excluding steroid dienone is 1. The fraction of sp³-hybridized carbons (Fsp3) is 0.459. The number of ether oxygens (including phenoxy) is 2. The van der Waals surface area contributed by atoms with E-state index in [1.165, 1.54) is 9.80 Å². The Hall–Kier alpha value is -3.99. The van der Waals surface area contributed by atoms with E-state index >= 15 is 4.79 Å². The molecular formula is C37H42ClN3O7. The summed E-state index contributed by atoms with van der Waals surface area (Å²) in [5.41, 5.74) is -0.360. The molecule has 2 saturated heterocycles. The van der Waals surface area contributed by atoms with Gasteiger partial charge in [-0.25, -0.2) is 0 Å². The Bertz CT molecular complexity index is 1610. The molecule has 0 aliphatic carbocycles. The van der Waals surface area contributed by atoms with Gasteiger partial charge in [0, 0.05) is 13.0 Å². The molecule has 1 spiro atoms. The Morgan fingerprint density at radius 2 is 1.77 bits per heavy atom. The van der Waals surface area contributed by atoms with E-state index in [0.29, 0.717) is 29.1 Å². The summed E-state index contributed by atoms with van der Waals surface area (Å²) < 4.78 is 12.8. The highest BCUT2D eigenvalue weighted by molar-refractivity contribution is 6.34. The van der Waals surface area contributed by atoms with Crippen molar-refractivity contribution in [3.8, 4) is 0 Å². The molecule has 5 bridgehead atoms. The first-order valence-corrected chi connectivity index (χ1v) is 17.1. The molecule has 6 rings (SSSR count). The highest BCUT2D eigenvalue weighted by Gasteiger charge is 2.74. The van der Waals surface area contributed by atoms with Crippen LogP contribution in [0.2, 0.25) is 5.02 Å². The van der Waals surface area contributed by atoms with Crippen LogP contribution in [0.5, 0.6) is 0 Å². The number of aliphatic hydroxyl groups is 1. The minimum atomic E-state index is -1.48. The lowest BCUT2D eigenvalue weighted by molar-refractivity contribution is -0.161. The van der Waals surface area contributed by atoms with Crippen molar-refractivity contribution in [2.24, 2.45) is 17.8 Å². The van der Waals surface area contributed by atoms with Crippen LogP contribution in [-0.2, 0) is 28.7 Å². The van der Waals surface area contributed by atoms with E-state index in [4.69, 9.17) is 21.1 Å². The fourth-order valence-electron chi connectivity index (χ4n) is 7.67. The molecule has 4 heterocycles. The number of amides is 3. The second-order valence-corrected chi connectivity index (χ2v) is 13.5. The number of fused-ring (bicyclic) bond motifs is 2. The van der Waals surface area contributed by atoms with E-state index in [-0.39, 0.29) is 31.4 Å². The average molecular weight is 676 g/mol. The lowest BCUT2D eigenvalue weighted by atomic mass is 9.74. The van der Waals surface area contributed by atoms with E-state index in [2.05, 4.69) is 5.32 Å². The number of cyclic esters (lactones) is 1. The van der Waals surface area contributed by atoms with E-state index in [0.717, 1.165) is 0 Å². The maximum Gasteiger partial charge on any atom is 0.313 e. The highest BCUT2D eigenvalue weighted by atomic mass is 35.5. The second kappa shape index (κ2) is 13.9. The number of carbonyl (C=O) groups excluding carboxylic acids is 4. The van der Waals surface area contributed by atoms with Crippen LogP contribution >= 0.6 is 11.6 Å². The van der Waals surface area contributed by atoms with Crippen LogP contribution in [0, 0.1) is 17.8 Å². The van der Waals surface area contributed by atoms with Crippen molar-refractivity contribution in [3.05, 3.63) is 89.5 Å². The van der Waals surface area contributed by atoms with Gasteiger partial charge in [0.1, 0.15) is 23.7 Å². The number of anilines is 1. The highest BCUT2D eigenvalue weighted by Crippen LogP contribution is 2.57. The Labute approximate surface area is 285 Å². The van der Waals surface area contributed by atoms with Crippen LogP contribution in [0.25, 0.3) is 0 Å². The Morgan fingerprint density at radius 1 is 1.04 bits per heavy atom. The van der Waals surface area contributed by atoms with Crippen LogP contribution in [0.4, 0.5) is 5.69 Å². The molecule has 3 amide bonds. The van der Waals surface area contributed by atoms with Crippen molar-refractivity contribution < 1.29 is 33.8 Å². The molecule has 0 radical (unpaired) electrons. The Balaban J connectivity index is 1.49. The molecule has 4 aliphatic heterocycles. The van der Waals surface area contributed by atoms with Gasteiger partial charge in [-0.2, -0.15) is 0 Å². The maximum absolute atomic E-state index is 15.0. The van der Waals surface area contributed by atoms with Gasteiger partial charge in [-0.1, -0.05) is 98.6 Å². The van der Waals surface area contributed by atoms with E-state index < -0.39 is 65.6 Å². The number of para-hydroxylation sites is 1. The Morgan fingerprint density at radius 3 is 2.48 bits per heavy atom. The topological polar surface area (TPSA) is 125 Å². The SMILES string of the molecule is CC[C@H](C)[C@H](CO)N1C(=O)[C@@H]2[C@H]3C(=O)O[C@@H](c4ccccc4)[C@H](C)NC(=O)CC/C=C\CN(c4ccccc4Cl)C(=O)[C@@H]1[C@]21C=C[C@H]3O1. The molecule has 2 aromatic carbocycles. The quantitative estimate of drug-likeness (QED) is 0.344. The first-order chi connectivity index (χ1) is 23.1. The predicted molar refractivity (Wildman–Crippen MR) is 180 cm³/mol. The van der Waals surface area contributed by atoms with Gasteiger partial charge in [0.15, 0.2) is 0 Å². The lowest BCUT2D eigenvalue weighted by Crippen LogP contribution is -2.59. The third-order valence-electron chi connectivity index (χ3n) is 10.3. The molecular weight excluding hydrogens is 634 g/mol. The van der Waals surface area contributed by atoms with Crippen molar-refractivity contribution >= 4 is 41.0 Å². The van der Waals surface area contributed by atoms with E-state index in [9.17, 15) is 19.5 Å². The van der Waals surface area contributed by atoms with Gasteiger partial charge in [0.2, 0.25) is 11.8 Å². The lowest BCUT2D eigenvalue weighted by Gasteiger charge is -2.40. The summed E-state index contributed by atoms with van der Waals surface area (Å²) in [6.07, 6.45) is 6.66. The third kappa shape index (κ3) is 5.84. The summed E-state index contributed by atoms with van der Waals surface area (Å²) in [6, 6.07) is 13.6.